The Bertz CT molecular complexity index is 378. The summed E-state index contributed by atoms with van der Waals surface area (Å²) < 4.78 is 27.1. The predicted octanol–water partition coefficient (Wildman–Crippen LogP) is 3.51. The second kappa shape index (κ2) is 5.83. The summed E-state index contributed by atoms with van der Waals surface area (Å²) in [4.78, 5) is 0. The van der Waals surface area contributed by atoms with Crippen LogP contribution < -0.4 is 5.32 Å². The molecule has 1 aromatic rings. The van der Waals surface area contributed by atoms with Crippen molar-refractivity contribution < 1.29 is 8.78 Å². The molecule has 0 aromatic heterocycles. The van der Waals surface area contributed by atoms with Crippen molar-refractivity contribution in [2.24, 2.45) is 0 Å². The van der Waals surface area contributed by atoms with Crippen molar-refractivity contribution >= 4 is 11.8 Å². The number of hydrogen-bond acceptors (Lipinski definition) is 2. The molecule has 1 nitrogen and oxygen atoms in total. The van der Waals surface area contributed by atoms with Gasteiger partial charge in [-0.15, -0.1) is 0 Å². The Labute approximate surface area is 105 Å². The Balaban J connectivity index is 2.27. The number of nitrogens with one attached hydrogen (secondary N) is 1. The van der Waals surface area contributed by atoms with Gasteiger partial charge in [0.2, 0.25) is 0 Å². The van der Waals surface area contributed by atoms with Gasteiger partial charge >= 0.3 is 0 Å². The summed E-state index contributed by atoms with van der Waals surface area (Å²) in [6.07, 6.45) is 2.23. The molecule has 2 atom stereocenters. The molecule has 1 saturated heterocycles. The lowest BCUT2D eigenvalue weighted by Crippen LogP contribution is -2.29. The minimum atomic E-state index is -0.756. The van der Waals surface area contributed by atoms with Crippen molar-refractivity contribution in [2.75, 3.05) is 12.3 Å². The number of thioether (sulfide) groups is 1. The summed E-state index contributed by atoms with van der Waals surface area (Å²) >= 11 is 1.85. The third kappa shape index (κ3) is 2.80. The first kappa shape index (κ1) is 12.8. The van der Waals surface area contributed by atoms with Gasteiger partial charge in [0, 0.05) is 16.9 Å². The largest absolute Gasteiger partial charge is 0.309 e. The van der Waals surface area contributed by atoms with Crippen LogP contribution in [-0.4, -0.2) is 17.5 Å². The van der Waals surface area contributed by atoms with E-state index >= 15 is 0 Å². The summed E-state index contributed by atoms with van der Waals surface area (Å²) in [6, 6.07) is 4.36. The van der Waals surface area contributed by atoms with Crippen LogP contribution in [0.3, 0.4) is 0 Å². The molecular weight excluding hydrogens is 240 g/mol. The lowest BCUT2D eigenvalue weighted by molar-refractivity contribution is 0.455. The number of benzene rings is 1. The van der Waals surface area contributed by atoms with Crippen LogP contribution in [0.15, 0.2) is 18.2 Å². The molecule has 4 heteroatoms. The second-order valence-electron chi connectivity index (χ2n) is 4.23. The standard InChI is InChI=1S/C13H17F2NS/c1-2-16-13(11-7-4-8-17-11)9-5-3-6-10(14)12(9)15/h3,5-6,11,13,16H,2,4,7-8H2,1H3. The van der Waals surface area contributed by atoms with Crippen molar-refractivity contribution in [3.8, 4) is 0 Å². The van der Waals surface area contributed by atoms with Crippen LogP contribution in [0, 0.1) is 11.6 Å². The normalized spacial score (nSPS) is 21.7. The molecule has 0 spiro atoms. The molecule has 0 saturated carbocycles. The number of rotatable bonds is 4. The van der Waals surface area contributed by atoms with Crippen LogP contribution in [0.5, 0.6) is 0 Å². The second-order valence-corrected chi connectivity index (χ2v) is 5.58. The Morgan fingerprint density at radius 2 is 2.29 bits per heavy atom. The van der Waals surface area contributed by atoms with Crippen molar-refractivity contribution in [3.63, 3.8) is 0 Å². The first-order chi connectivity index (χ1) is 8.24. The van der Waals surface area contributed by atoms with E-state index in [2.05, 4.69) is 5.32 Å². The summed E-state index contributed by atoms with van der Waals surface area (Å²) in [5.74, 6) is -0.344. The highest BCUT2D eigenvalue weighted by atomic mass is 32.2. The van der Waals surface area contributed by atoms with Gasteiger partial charge < -0.3 is 5.32 Å². The fraction of sp³-hybridized carbons (Fsp3) is 0.538. The Morgan fingerprint density at radius 1 is 1.47 bits per heavy atom. The highest BCUT2D eigenvalue weighted by Crippen LogP contribution is 2.37. The molecule has 2 rings (SSSR count). The van der Waals surface area contributed by atoms with E-state index in [0.717, 1.165) is 25.1 Å². The molecule has 1 aliphatic heterocycles. The molecule has 94 valence electrons. The zero-order valence-electron chi connectivity index (χ0n) is 9.88. The van der Waals surface area contributed by atoms with E-state index in [0.29, 0.717) is 10.8 Å². The monoisotopic (exact) mass is 257 g/mol. The molecular formula is C13H17F2NS. The molecule has 0 radical (unpaired) electrons. The molecule has 1 fully saturated rings. The SMILES string of the molecule is CCNC(c1cccc(F)c1F)C1CCCS1. The van der Waals surface area contributed by atoms with Crippen LogP contribution in [0.2, 0.25) is 0 Å². The summed E-state index contributed by atoms with van der Waals surface area (Å²) in [7, 11) is 0. The molecule has 0 bridgehead atoms. The molecule has 1 aliphatic rings. The molecule has 1 N–H and O–H groups in total. The number of hydrogen-bond donors (Lipinski definition) is 1. The predicted molar refractivity (Wildman–Crippen MR) is 68.3 cm³/mol. The van der Waals surface area contributed by atoms with Gasteiger partial charge in [-0.05, 0) is 31.2 Å². The van der Waals surface area contributed by atoms with Gasteiger partial charge in [0.05, 0.1) is 0 Å². The van der Waals surface area contributed by atoms with Crippen LogP contribution in [-0.2, 0) is 0 Å². The van der Waals surface area contributed by atoms with Gasteiger partial charge in [-0.2, -0.15) is 11.8 Å². The van der Waals surface area contributed by atoms with Gasteiger partial charge in [0.15, 0.2) is 11.6 Å². The van der Waals surface area contributed by atoms with E-state index in [1.165, 1.54) is 6.07 Å². The average Bonchev–Trinajstić information content (AvgIpc) is 2.84. The molecule has 0 amide bonds. The van der Waals surface area contributed by atoms with Gasteiger partial charge in [-0.25, -0.2) is 8.78 Å². The lowest BCUT2D eigenvalue weighted by Gasteiger charge is -2.24. The Morgan fingerprint density at radius 3 is 2.94 bits per heavy atom. The summed E-state index contributed by atoms with van der Waals surface area (Å²) in [5, 5.41) is 3.63. The quantitative estimate of drug-likeness (QED) is 0.886. The third-order valence-corrected chi connectivity index (χ3v) is 4.54. The van der Waals surface area contributed by atoms with E-state index in [1.54, 1.807) is 12.1 Å². The van der Waals surface area contributed by atoms with Gasteiger partial charge in [0.25, 0.3) is 0 Å². The zero-order valence-corrected chi connectivity index (χ0v) is 10.7. The van der Waals surface area contributed by atoms with E-state index in [4.69, 9.17) is 0 Å². The maximum absolute atomic E-state index is 13.8. The molecule has 1 aromatic carbocycles. The minimum Gasteiger partial charge on any atom is -0.309 e. The van der Waals surface area contributed by atoms with Crippen LogP contribution in [0.4, 0.5) is 8.78 Å². The van der Waals surface area contributed by atoms with Crippen molar-refractivity contribution in [1.29, 1.82) is 0 Å². The fourth-order valence-electron chi connectivity index (χ4n) is 2.29. The van der Waals surface area contributed by atoms with E-state index in [-0.39, 0.29) is 6.04 Å². The van der Waals surface area contributed by atoms with E-state index < -0.39 is 11.6 Å². The molecule has 1 heterocycles. The lowest BCUT2D eigenvalue weighted by atomic mass is 10.00. The Kier molecular flexibility index (Phi) is 4.40. The number of halogens is 2. The van der Waals surface area contributed by atoms with Crippen molar-refractivity contribution in [3.05, 3.63) is 35.4 Å². The van der Waals surface area contributed by atoms with Crippen LogP contribution in [0.25, 0.3) is 0 Å². The van der Waals surface area contributed by atoms with Gasteiger partial charge in [-0.3, -0.25) is 0 Å². The highest BCUT2D eigenvalue weighted by molar-refractivity contribution is 8.00. The van der Waals surface area contributed by atoms with Gasteiger partial charge in [0.1, 0.15) is 0 Å². The van der Waals surface area contributed by atoms with E-state index in [1.807, 2.05) is 18.7 Å². The molecule has 0 aliphatic carbocycles. The fourth-order valence-corrected chi connectivity index (χ4v) is 3.69. The summed E-state index contributed by atoms with van der Waals surface area (Å²) in [6.45, 7) is 2.75. The molecule has 17 heavy (non-hydrogen) atoms. The van der Waals surface area contributed by atoms with Crippen molar-refractivity contribution in [2.45, 2.75) is 31.1 Å². The average molecular weight is 257 g/mol. The summed E-state index contributed by atoms with van der Waals surface area (Å²) in [5.41, 5.74) is 0.464. The minimum absolute atomic E-state index is 0.0804. The first-order valence-corrected chi connectivity index (χ1v) is 7.07. The highest BCUT2D eigenvalue weighted by Gasteiger charge is 2.28. The van der Waals surface area contributed by atoms with Crippen molar-refractivity contribution in [1.82, 2.24) is 5.32 Å². The maximum Gasteiger partial charge on any atom is 0.163 e. The third-order valence-electron chi connectivity index (χ3n) is 3.08. The van der Waals surface area contributed by atoms with E-state index in [9.17, 15) is 8.78 Å². The maximum atomic E-state index is 13.8. The smallest absolute Gasteiger partial charge is 0.163 e. The zero-order chi connectivity index (χ0) is 12.3. The first-order valence-electron chi connectivity index (χ1n) is 6.03. The van der Waals surface area contributed by atoms with Gasteiger partial charge in [-0.1, -0.05) is 19.1 Å². The molecule has 2 unspecified atom stereocenters. The Hall–Kier alpha value is -0.610. The van der Waals surface area contributed by atoms with Crippen LogP contribution >= 0.6 is 11.8 Å². The topological polar surface area (TPSA) is 12.0 Å². The van der Waals surface area contributed by atoms with Crippen LogP contribution in [0.1, 0.15) is 31.4 Å².